The molecule has 7 heteroatoms. The molecule has 0 spiro atoms. The van der Waals surface area contributed by atoms with E-state index in [0.717, 1.165) is 22.4 Å². The van der Waals surface area contributed by atoms with E-state index in [4.69, 9.17) is 9.47 Å². The minimum Gasteiger partial charge on any atom is -0.396 e. The summed E-state index contributed by atoms with van der Waals surface area (Å²) in [4.78, 5) is 12.6. The first-order chi connectivity index (χ1) is 17.1. The molecule has 1 aliphatic rings. The lowest BCUT2D eigenvalue weighted by Crippen LogP contribution is -2.38. The molecule has 184 valence electrons. The number of amides is 1. The summed E-state index contributed by atoms with van der Waals surface area (Å²) in [6.45, 7) is 2.23. The van der Waals surface area contributed by atoms with Crippen LogP contribution in [0, 0.1) is 5.92 Å². The molecule has 4 rings (SSSR count). The van der Waals surface area contributed by atoms with Crippen molar-refractivity contribution in [2.45, 2.75) is 32.0 Å². The standard InChI is InChI=1S/C28H31NO5S/c1-19-25(18-35-15-14-30)33-28(34-26(19)21-12-10-20(17-31)11-13-21)23-8-5-9-24(16-23)29-27(32)22-6-3-2-4-7-22/h2-13,16,19,25-26,28,30-31H,14-15,17-18H2,1H3,(H,29,32)/t19-,25+,26+,28+/m0/s1. The number of hydrogen-bond acceptors (Lipinski definition) is 6. The second-order valence-electron chi connectivity index (χ2n) is 8.57. The van der Waals surface area contributed by atoms with Gasteiger partial charge in [0.25, 0.3) is 5.91 Å². The van der Waals surface area contributed by atoms with Crippen LogP contribution in [0.4, 0.5) is 5.69 Å². The molecule has 1 aliphatic heterocycles. The van der Waals surface area contributed by atoms with Crippen LogP contribution in [-0.2, 0) is 16.1 Å². The first-order valence-electron chi connectivity index (χ1n) is 11.7. The quantitative estimate of drug-likeness (QED) is 0.366. The second kappa shape index (κ2) is 12.3. The van der Waals surface area contributed by atoms with Gasteiger partial charge >= 0.3 is 0 Å². The number of carbonyl (C=O) groups is 1. The lowest BCUT2D eigenvalue weighted by Gasteiger charge is -2.41. The third-order valence-corrected chi connectivity index (χ3v) is 7.13. The molecule has 0 bridgehead atoms. The van der Waals surface area contributed by atoms with Crippen LogP contribution in [0.3, 0.4) is 0 Å². The number of benzene rings is 3. The lowest BCUT2D eigenvalue weighted by atomic mass is 9.91. The van der Waals surface area contributed by atoms with Gasteiger partial charge in [0.1, 0.15) is 0 Å². The average Bonchev–Trinajstić information content (AvgIpc) is 2.90. The van der Waals surface area contributed by atoms with E-state index in [1.165, 1.54) is 0 Å². The number of aliphatic hydroxyl groups is 2. The summed E-state index contributed by atoms with van der Waals surface area (Å²) in [7, 11) is 0. The molecule has 1 heterocycles. The van der Waals surface area contributed by atoms with E-state index < -0.39 is 6.29 Å². The van der Waals surface area contributed by atoms with E-state index >= 15 is 0 Å². The number of aliphatic hydroxyl groups excluding tert-OH is 2. The average molecular weight is 494 g/mol. The van der Waals surface area contributed by atoms with Crippen LogP contribution in [0.25, 0.3) is 0 Å². The summed E-state index contributed by atoms with van der Waals surface area (Å²) < 4.78 is 12.9. The molecule has 4 atom stereocenters. The van der Waals surface area contributed by atoms with E-state index in [1.54, 1.807) is 23.9 Å². The zero-order valence-corrected chi connectivity index (χ0v) is 20.5. The van der Waals surface area contributed by atoms with E-state index in [0.29, 0.717) is 17.0 Å². The maximum Gasteiger partial charge on any atom is 0.255 e. The fourth-order valence-corrected chi connectivity index (χ4v) is 5.04. The third kappa shape index (κ3) is 6.51. The second-order valence-corrected chi connectivity index (χ2v) is 9.72. The first-order valence-corrected chi connectivity index (χ1v) is 12.9. The highest BCUT2D eigenvalue weighted by atomic mass is 32.2. The molecule has 0 saturated carbocycles. The van der Waals surface area contributed by atoms with Crippen molar-refractivity contribution in [3.05, 3.63) is 101 Å². The Kier molecular flexibility index (Phi) is 8.95. The van der Waals surface area contributed by atoms with Gasteiger partial charge in [-0.15, -0.1) is 0 Å². The largest absolute Gasteiger partial charge is 0.396 e. The van der Waals surface area contributed by atoms with E-state index in [9.17, 15) is 15.0 Å². The fourth-order valence-electron chi connectivity index (χ4n) is 4.13. The van der Waals surface area contributed by atoms with Crippen molar-refractivity contribution < 1.29 is 24.5 Å². The van der Waals surface area contributed by atoms with E-state index in [2.05, 4.69) is 12.2 Å². The summed E-state index contributed by atoms with van der Waals surface area (Å²) >= 11 is 1.65. The Morgan fingerprint density at radius 2 is 1.71 bits per heavy atom. The highest BCUT2D eigenvalue weighted by Crippen LogP contribution is 2.42. The van der Waals surface area contributed by atoms with Crippen LogP contribution in [0.5, 0.6) is 0 Å². The van der Waals surface area contributed by atoms with Gasteiger partial charge < -0.3 is 25.0 Å². The summed E-state index contributed by atoms with van der Waals surface area (Å²) in [5.41, 5.74) is 3.94. The SMILES string of the molecule is C[C@H]1[C@@H](CSCCO)O[C@@H](c2cccc(NC(=O)c3ccccc3)c2)O[C@H]1c1ccc(CO)cc1. The normalized spacial score (nSPS) is 22.0. The zero-order valence-electron chi connectivity index (χ0n) is 19.7. The van der Waals surface area contributed by atoms with Crippen molar-refractivity contribution in [3.63, 3.8) is 0 Å². The Morgan fingerprint density at radius 1 is 0.943 bits per heavy atom. The topological polar surface area (TPSA) is 88.0 Å². The van der Waals surface area contributed by atoms with E-state index in [1.807, 2.05) is 66.7 Å². The van der Waals surface area contributed by atoms with Crippen molar-refractivity contribution in [2.75, 3.05) is 23.4 Å². The number of ether oxygens (including phenoxy) is 2. The van der Waals surface area contributed by atoms with Gasteiger partial charge in [-0.05, 0) is 35.4 Å². The molecule has 6 nitrogen and oxygen atoms in total. The molecule has 3 aromatic rings. The smallest absolute Gasteiger partial charge is 0.255 e. The Bertz CT molecular complexity index is 1090. The van der Waals surface area contributed by atoms with Crippen LogP contribution in [0.2, 0.25) is 0 Å². The van der Waals surface area contributed by atoms with Crippen molar-refractivity contribution in [1.82, 2.24) is 0 Å². The molecule has 0 radical (unpaired) electrons. The molecular weight excluding hydrogens is 462 g/mol. The fraction of sp³-hybridized carbons (Fsp3) is 0.321. The van der Waals surface area contributed by atoms with Gasteiger partial charge in [0.2, 0.25) is 0 Å². The van der Waals surface area contributed by atoms with Gasteiger partial charge in [0.15, 0.2) is 6.29 Å². The Morgan fingerprint density at radius 3 is 2.43 bits per heavy atom. The highest BCUT2D eigenvalue weighted by molar-refractivity contribution is 7.99. The molecule has 3 aromatic carbocycles. The number of anilines is 1. The predicted octanol–water partition coefficient (Wildman–Crippen LogP) is 4.95. The van der Waals surface area contributed by atoms with Crippen molar-refractivity contribution in [1.29, 1.82) is 0 Å². The molecule has 35 heavy (non-hydrogen) atoms. The lowest BCUT2D eigenvalue weighted by molar-refractivity contribution is -0.268. The molecule has 1 saturated heterocycles. The van der Waals surface area contributed by atoms with Gasteiger partial charge in [-0.3, -0.25) is 4.79 Å². The summed E-state index contributed by atoms with van der Waals surface area (Å²) in [5.74, 6) is 1.28. The van der Waals surface area contributed by atoms with Crippen LogP contribution >= 0.6 is 11.8 Å². The third-order valence-electron chi connectivity index (χ3n) is 6.09. The van der Waals surface area contributed by atoms with Gasteiger partial charge in [-0.2, -0.15) is 11.8 Å². The summed E-state index contributed by atoms with van der Waals surface area (Å²) in [6.07, 6.45) is -0.902. The Labute approximate surface area is 210 Å². The number of nitrogens with one attached hydrogen (secondary N) is 1. The van der Waals surface area contributed by atoms with Crippen molar-refractivity contribution >= 4 is 23.4 Å². The molecule has 1 fully saturated rings. The van der Waals surface area contributed by atoms with Gasteiger partial charge in [0.05, 0.1) is 25.4 Å². The van der Waals surface area contributed by atoms with E-state index in [-0.39, 0.29) is 37.2 Å². The Hall–Kier alpha value is -2.68. The molecule has 0 aliphatic carbocycles. The van der Waals surface area contributed by atoms with Gasteiger partial charge in [-0.1, -0.05) is 61.5 Å². The molecule has 1 amide bonds. The van der Waals surface area contributed by atoms with Crippen molar-refractivity contribution in [2.24, 2.45) is 5.92 Å². The predicted molar refractivity (Wildman–Crippen MR) is 138 cm³/mol. The van der Waals surface area contributed by atoms with Crippen LogP contribution in [0.1, 0.15) is 46.4 Å². The maximum absolute atomic E-state index is 12.6. The number of rotatable bonds is 9. The number of thioether (sulfide) groups is 1. The minimum atomic E-state index is -0.609. The van der Waals surface area contributed by atoms with Crippen LogP contribution in [0.15, 0.2) is 78.9 Å². The van der Waals surface area contributed by atoms with Crippen LogP contribution in [-0.4, -0.2) is 40.3 Å². The monoisotopic (exact) mass is 493 g/mol. The summed E-state index contributed by atoms with van der Waals surface area (Å²) in [5, 5.41) is 21.6. The van der Waals surface area contributed by atoms with Crippen molar-refractivity contribution in [3.8, 4) is 0 Å². The molecule has 3 N–H and O–H groups in total. The zero-order chi connectivity index (χ0) is 24.6. The summed E-state index contributed by atoms with van der Waals surface area (Å²) in [6, 6.07) is 24.4. The minimum absolute atomic E-state index is 0.00495. The number of carbonyl (C=O) groups excluding carboxylic acids is 1. The molecule has 0 unspecified atom stereocenters. The maximum atomic E-state index is 12.6. The molecule has 0 aromatic heterocycles. The number of hydrogen-bond donors (Lipinski definition) is 3. The highest BCUT2D eigenvalue weighted by Gasteiger charge is 2.38. The Balaban J connectivity index is 1.56. The van der Waals surface area contributed by atoms with Gasteiger partial charge in [0, 0.05) is 34.2 Å². The first kappa shape index (κ1) is 25.4. The molecular formula is C28H31NO5S. The van der Waals surface area contributed by atoms with Crippen LogP contribution < -0.4 is 5.32 Å². The van der Waals surface area contributed by atoms with Gasteiger partial charge in [-0.25, -0.2) is 0 Å².